The summed E-state index contributed by atoms with van der Waals surface area (Å²) in [7, 11) is 0. The molecule has 0 saturated heterocycles. The molecule has 2 nitrogen and oxygen atoms in total. The first-order valence-corrected chi connectivity index (χ1v) is 3.66. The van der Waals surface area contributed by atoms with Gasteiger partial charge in [0.15, 0.2) is 0 Å². The Labute approximate surface area is 60.2 Å². The van der Waals surface area contributed by atoms with Crippen molar-refractivity contribution in [1.82, 2.24) is 0 Å². The maximum Gasteiger partial charge on any atom is 0.115 e. The van der Waals surface area contributed by atoms with Crippen LogP contribution in [0.15, 0.2) is 0 Å². The Bertz CT molecular complexity index is 114. The molecule has 1 atom stereocenters. The van der Waals surface area contributed by atoms with Crippen molar-refractivity contribution >= 4 is 0 Å². The zero-order valence-corrected chi connectivity index (χ0v) is 6.02. The van der Waals surface area contributed by atoms with Gasteiger partial charge in [0.05, 0.1) is 6.10 Å². The van der Waals surface area contributed by atoms with E-state index in [-0.39, 0.29) is 5.41 Å². The smallest absolute Gasteiger partial charge is 0.115 e. The summed E-state index contributed by atoms with van der Waals surface area (Å²) in [6.45, 7) is -0.0498. The van der Waals surface area contributed by atoms with Gasteiger partial charge in [-0.05, 0) is 31.2 Å². The number of hydrogen-bond donors (Lipinski definition) is 2. The lowest BCUT2D eigenvalue weighted by atomic mass is 9.99. The van der Waals surface area contributed by atoms with Gasteiger partial charge in [0, 0.05) is 0 Å². The van der Waals surface area contributed by atoms with E-state index < -0.39 is 12.8 Å². The van der Waals surface area contributed by atoms with E-state index in [4.69, 9.17) is 10.8 Å². The van der Waals surface area contributed by atoms with E-state index in [1.54, 1.807) is 0 Å². The number of aliphatic hydroxyl groups excluding tert-OH is 1. The summed E-state index contributed by atoms with van der Waals surface area (Å²) in [6.07, 6.45) is 1.87. The molecule has 0 aromatic heterocycles. The SMILES string of the molecule is NCC1(CC(O)CF)CC1. The van der Waals surface area contributed by atoms with Crippen LogP contribution in [0.4, 0.5) is 4.39 Å². The summed E-state index contributed by atoms with van der Waals surface area (Å²) in [5.41, 5.74) is 5.54. The van der Waals surface area contributed by atoms with Gasteiger partial charge in [-0.1, -0.05) is 0 Å². The Morgan fingerprint density at radius 1 is 1.60 bits per heavy atom. The van der Waals surface area contributed by atoms with Gasteiger partial charge >= 0.3 is 0 Å². The second-order valence-electron chi connectivity index (χ2n) is 3.22. The van der Waals surface area contributed by atoms with Gasteiger partial charge in [-0.25, -0.2) is 4.39 Å². The molecule has 0 spiro atoms. The molecule has 0 heterocycles. The molecule has 1 unspecified atom stereocenters. The second kappa shape index (κ2) is 2.84. The van der Waals surface area contributed by atoms with Crippen LogP contribution in [0.1, 0.15) is 19.3 Å². The van der Waals surface area contributed by atoms with E-state index in [0.29, 0.717) is 13.0 Å². The Balaban J connectivity index is 2.23. The fourth-order valence-electron chi connectivity index (χ4n) is 1.22. The quantitative estimate of drug-likeness (QED) is 0.606. The Morgan fingerprint density at radius 2 is 2.20 bits per heavy atom. The fraction of sp³-hybridized carbons (Fsp3) is 1.00. The van der Waals surface area contributed by atoms with Crippen LogP contribution in [0, 0.1) is 5.41 Å². The average Bonchev–Trinajstić information content (AvgIpc) is 2.70. The number of hydrogen-bond acceptors (Lipinski definition) is 2. The predicted molar refractivity (Wildman–Crippen MR) is 37.3 cm³/mol. The second-order valence-corrected chi connectivity index (χ2v) is 3.22. The molecular formula is C7H14FNO. The summed E-state index contributed by atoms with van der Waals surface area (Å²) in [5, 5.41) is 8.93. The lowest BCUT2D eigenvalue weighted by molar-refractivity contribution is 0.108. The third-order valence-electron chi connectivity index (χ3n) is 2.24. The normalized spacial score (nSPS) is 24.3. The third-order valence-corrected chi connectivity index (χ3v) is 2.24. The van der Waals surface area contributed by atoms with Crippen LogP contribution in [0.25, 0.3) is 0 Å². The van der Waals surface area contributed by atoms with Crippen LogP contribution in [0.5, 0.6) is 0 Å². The van der Waals surface area contributed by atoms with Gasteiger partial charge in [0.25, 0.3) is 0 Å². The predicted octanol–water partition coefficient (Wildman–Crippen LogP) is 0.446. The summed E-state index contributed by atoms with van der Waals surface area (Å²) < 4.78 is 11.8. The molecule has 1 fully saturated rings. The van der Waals surface area contributed by atoms with E-state index in [2.05, 4.69) is 0 Å². The molecule has 3 N–H and O–H groups in total. The van der Waals surface area contributed by atoms with Crippen molar-refractivity contribution in [2.45, 2.75) is 25.4 Å². The molecule has 0 aromatic carbocycles. The minimum Gasteiger partial charge on any atom is -0.390 e. The number of aliphatic hydroxyl groups is 1. The Hall–Kier alpha value is -0.150. The first kappa shape index (κ1) is 7.95. The maximum absolute atomic E-state index is 11.8. The molecule has 1 saturated carbocycles. The van der Waals surface area contributed by atoms with Crippen LogP contribution in [0.3, 0.4) is 0 Å². The van der Waals surface area contributed by atoms with Crippen molar-refractivity contribution in [2.24, 2.45) is 11.1 Å². The van der Waals surface area contributed by atoms with Crippen molar-refractivity contribution < 1.29 is 9.50 Å². The van der Waals surface area contributed by atoms with Gasteiger partial charge in [-0.15, -0.1) is 0 Å². The molecule has 1 rings (SSSR count). The molecule has 1 aliphatic rings. The van der Waals surface area contributed by atoms with Gasteiger partial charge in [0.2, 0.25) is 0 Å². The number of nitrogens with two attached hydrogens (primary N) is 1. The largest absolute Gasteiger partial charge is 0.390 e. The number of rotatable bonds is 4. The Kier molecular flexibility index (Phi) is 2.26. The van der Waals surface area contributed by atoms with Crippen LogP contribution >= 0.6 is 0 Å². The molecular weight excluding hydrogens is 133 g/mol. The van der Waals surface area contributed by atoms with Crippen molar-refractivity contribution in [1.29, 1.82) is 0 Å². The van der Waals surface area contributed by atoms with Crippen LogP contribution < -0.4 is 5.73 Å². The summed E-state index contributed by atoms with van der Waals surface area (Å²) in [4.78, 5) is 0. The summed E-state index contributed by atoms with van der Waals surface area (Å²) in [6, 6.07) is 0. The molecule has 0 radical (unpaired) electrons. The highest BCUT2D eigenvalue weighted by Crippen LogP contribution is 2.48. The first-order chi connectivity index (χ1) is 4.72. The van der Waals surface area contributed by atoms with Crippen LogP contribution in [0.2, 0.25) is 0 Å². The van der Waals surface area contributed by atoms with Gasteiger partial charge in [-0.3, -0.25) is 0 Å². The van der Waals surface area contributed by atoms with E-state index in [1.807, 2.05) is 0 Å². The highest BCUT2D eigenvalue weighted by molar-refractivity contribution is 4.95. The zero-order valence-electron chi connectivity index (χ0n) is 6.02. The van der Waals surface area contributed by atoms with E-state index in [9.17, 15) is 4.39 Å². The first-order valence-electron chi connectivity index (χ1n) is 3.66. The van der Waals surface area contributed by atoms with Gasteiger partial charge in [-0.2, -0.15) is 0 Å². The number of alkyl halides is 1. The minimum atomic E-state index is -0.786. The van der Waals surface area contributed by atoms with Crippen molar-refractivity contribution in [3.8, 4) is 0 Å². The maximum atomic E-state index is 11.8. The summed E-state index contributed by atoms with van der Waals surface area (Å²) in [5.74, 6) is 0. The molecule has 3 heteroatoms. The minimum absolute atomic E-state index is 0.103. The van der Waals surface area contributed by atoms with Crippen LogP contribution in [-0.4, -0.2) is 24.4 Å². The van der Waals surface area contributed by atoms with Crippen molar-refractivity contribution in [3.05, 3.63) is 0 Å². The van der Waals surface area contributed by atoms with Crippen molar-refractivity contribution in [2.75, 3.05) is 13.2 Å². The lowest BCUT2D eigenvalue weighted by Crippen LogP contribution is -2.23. The number of halogens is 1. The molecule has 0 aliphatic heterocycles. The zero-order chi connectivity index (χ0) is 7.61. The molecule has 0 amide bonds. The van der Waals surface area contributed by atoms with E-state index >= 15 is 0 Å². The summed E-state index contributed by atoms with van der Waals surface area (Å²) >= 11 is 0. The monoisotopic (exact) mass is 147 g/mol. The molecule has 0 aromatic rings. The Morgan fingerprint density at radius 3 is 2.50 bits per heavy atom. The van der Waals surface area contributed by atoms with Crippen molar-refractivity contribution in [3.63, 3.8) is 0 Å². The van der Waals surface area contributed by atoms with E-state index in [1.165, 1.54) is 0 Å². The average molecular weight is 147 g/mol. The molecule has 0 bridgehead atoms. The lowest BCUT2D eigenvalue weighted by Gasteiger charge is -2.14. The highest BCUT2D eigenvalue weighted by atomic mass is 19.1. The third kappa shape index (κ3) is 1.67. The molecule has 1 aliphatic carbocycles. The standard InChI is InChI=1S/C7H14FNO/c8-4-6(10)3-7(5-9)1-2-7/h6,10H,1-5,9H2. The molecule has 60 valence electrons. The van der Waals surface area contributed by atoms with Gasteiger partial charge < -0.3 is 10.8 Å². The fourth-order valence-corrected chi connectivity index (χ4v) is 1.22. The molecule has 10 heavy (non-hydrogen) atoms. The van der Waals surface area contributed by atoms with Gasteiger partial charge in [0.1, 0.15) is 6.67 Å². The highest BCUT2D eigenvalue weighted by Gasteiger charge is 2.42. The van der Waals surface area contributed by atoms with E-state index in [0.717, 1.165) is 12.8 Å². The topological polar surface area (TPSA) is 46.2 Å². The van der Waals surface area contributed by atoms with Crippen LogP contribution in [-0.2, 0) is 0 Å².